The molecule has 3 heterocycles. The normalized spacial score (nSPS) is 16.6. The van der Waals surface area contributed by atoms with E-state index in [1.165, 1.54) is 0 Å². The van der Waals surface area contributed by atoms with E-state index in [1.807, 2.05) is 29.2 Å². The molecular weight excluding hydrogens is 330 g/mol. The predicted molar refractivity (Wildman–Crippen MR) is 96.3 cm³/mol. The van der Waals surface area contributed by atoms with Crippen molar-refractivity contribution in [2.75, 3.05) is 32.8 Å². The summed E-state index contributed by atoms with van der Waals surface area (Å²) in [4.78, 5) is 33.2. The van der Waals surface area contributed by atoms with Crippen molar-refractivity contribution in [2.45, 2.75) is 12.8 Å². The smallest absolute Gasteiger partial charge is 0.272 e. The van der Waals surface area contributed by atoms with Crippen molar-refractivity contribution in [1.82, 2.24) is 14.8 Å². The lowest BCUT2D eigenvalue weighted by molar-refractivity contribution is 0.0715. The molecule has 2 aliphatic heterocycles. The summed E-state index contributed by atoms with van der Waals surface area (Å²) in [7, 11) is 0. The topological polar surface area (TPSA) is 62.7 Å². The van der Waals surface area contributed by atoms with E-state index in [0.717, 1.165) is 24.2 Å². The van der Waals surface area contributed by atoms with Crippen molar-refractivity contribution in [1.29, 1.82) is 0 Å². The van der Waals surface area contributed by atoms with Crippen LogP contribution in [-0.2, 0) is 6.42 Å². The number of carbonyl (C=O) groups is 2. The molecule has 0 N–H and O–H groups in total. The Labute approximate surface area is 152 Å². The van der Waals surface area contributed by atoms with Gasteiger partial charge in [0.25, 0.3) is 11.8 Å². The van der Waals surface area contributed by atoms with Gasteiger partial charge in [0.1, 0.15) is 11.4 Å². The molecule has 0 aliphatic carbocycles. The van der Waals surface area contributed by atoms with Gasteiger partial charge in [0.05, 0.1) is 6.61 Å². The van der Waals surface area contributed by atoms with E-state index in [4.69, 9.17) is 4.74 Å². The van der Waals surface area contributed by atoms with Crippen molar-refractivity contribution in [3.8, 4) is 5.75 Å². The first-order valence-corrected chi connectivity index (χ1v) is 8.98. The molecule has 0 unspecified atom stereocenters. The summed E-state index contributed by atoms with van der Waals surface area (Å²) in [5, 5.41) is 0. The fraction of sp³-hybridized carbons (Fsp3) is 0.350. The minimum absolute atomic E-state index is 0.0202. The molecule has 2 aromatic rings. The Kier molecular flexibility index (Phi) is 4.56. The van der Waals surface area contributed by atoms with Crippen LogP contribution < -0.4 is 4.74 Å². The molecule has 0 bridgehead atoms. The molecule has 1 saturated heterocycles. The molecule has 134 valence electrons. The highest BCUT2D eigenvalue weighted by molar-refractivity contribution is 5.95. The number of benzene rings is 1. The quantitative estimate of drug-likeness (QED) is 0.830. The molecule has 4 rings (SSSR count). The van der Waals surface area contributed by atoms with Gasteiger partial charge >= 0.3 is 0 Å². The van der Waals surface area contributed by atoms with Gasteiger partial charge in [-0.1, -0.05) is 6.07 Å². The average Bonchev–Trinajstić information content (AvgIpc) is 3.02. The van der Waals surface area contributed by atoms with Crippen LogP contribution in [-0.4, -0.2) is 59.4 Å². The van der Waals surface area contributed by atoms with Crippen LogP contribution in [0.15, 0.2) is 42.6 Å². The molecule has 0 saturated carbocycles. The maximum Gasteiger partial charge on any atom is 0.272 e. The van der Waals surface area contributed by atoms with Gasteiger partial charge in [-0.15, -0.1) is 0 Å². The number of amides is 2. The van der Waals surface area contributed by atoms with Gasteiger partial charge in [-0.25, -0.2) is 0 Å². The second kappa shape index (κ2) is 7.15. The van der Waals surface area contributed by atoms with Crippen LogP contribution in [0.4, 0.5) is 0 Å². The molecular formula is C20H21N3O3. The monoisotopic (exact) mass is 351 g/mol. The van der Waals surface area contributed by atoms with E-state index in [1.54, 1.807) is 23.2 Å². The molecule has 6 heteroatoms. The lowest BCUT2D eigenvalue weighted by Gasteiger charge is -2.22. The Balaban J connectivity index is 1.43. The number of fused-ring (bicyclic) bond motifs is 1. The Morgan fingerprint density at radius 1 is 0.962 bits per heavy atom. The zero-order chi connectivity index (χ0) is 17.9. The summed E-state index contributed by atoms with van der Waals surface area (Å²) in [5.41, 5.74) is 2.24. The minimum atomic E-state index is -0.0745. The highest BCUT2D eigenvalue weighted by Crippen LogP contribution is 2.26. The summed E-state index contributed by atoms with van der Waals surface area (Å²) in [6, 6.07) is 11.0. The van der Waals surface area contributed by atoms with Gasteiger partial charge in [-0.05, 0) is 42.3 Å². The van der Waals surface area contributed by atoms with Gasteiger partial charge in [0.15, 0.2) is 0 Å². The summed E-state index contributed by atoms with van der Waals surface area (Å²) >= 11 is 0. The van der Waals surface area contributed by atoms with Crippen LogP contribution in [0.3, 0.4) is 0 Å². The van der Waals surface area contributed by atoms with Gasteiger partial charge < -0.3 is 14.5 Å². The van der Waals surface area contributed by atoms with Crippen LogP contribution in [0.25, 0.3) is 0 Å². The first-order chi connectivity index (χ1) is 12.7. The maximum atomic E-state index is 12.9. The average molecular weight is 351 g/mol. The van der Waals surface area contributed by atoms with E-state index < -0.39 is 0 Å². The van der Waals surface area contributed by atoms with Gasteiger partial charge in [-0.2, -0.15) is 0 Å². The zero-order valence-electron chi connectivity index (χ0n) is 14.6. The third kappa shape index (κ3) is 3.27. The third-order valence-electron chi connectivity index (χ3n) is 4.89. The van der Waals surface area contributed by atoms with Crippen molar-refractivity contribution < 1.29 is 14.3 Å². The highest BCUT2D eigenvalue weighted by atomic mass is 16.5. The fourth-order valence-corrected chi connectivity index (χ4v) is 3.48. The lowest BCUT2D eigenvalue weighted by Crippen LogP contribution is -2.37. The number of aromatic nitrogens is 1. The lowest BCUT2D eigenvalue weighted by atomic mass is 10.1. The molecule has 0 radical (unpaired) electrons. The minimum Gasteiger partial charge on any atom is -0.493 e. The van der Waals surface area contributed by atoms with Gasteiger partial charge in [0, 0.05) is 44.4 Å². The molecule has 6 nitrogen and oxygen atoms in total. The van der Waals surface area contributed by atoms with E-state index in [9.17, 15) is 9.59 Å². The Morgan fingerprint density at radius 2 is 1.77 bits per heavy atom. The predicted octanol–water partition coefficient (Wildman–Crippen LogP) is 2.00. The highest BCUT2D eigenvalue weighted by Gasteiger charge is 2.25. The Morgan fingerprint density at radius 3 is 2.54 bits per heavy atom. The molecule has 1 fully saturated rings. The molecule has 0 atom stereocenters. The van der Waals surface area contributed by atoms with E-state index >= 15 is 0 Å². The molecule has 2 amide bonds. The fourth-order valence-electron chi connectivity index (χ4n) is 3.48. The van der Waals surface area contributed by atoms with Crippen molar-refractivity contribution in [3.63, 3.8) is 0 Å². The number of ether oxygens (including phenoxy) is 1. The van der Waals surface area contributed by atoms with E-state index in [0.29, 0.717) is 44.0 Å². The second-order valence-corrected chi connectivity index (χ2v) is 6.57. The van der Waals surface area contributed by atoms with E-state index in [2.05, 4.69) is 4.98 Å². The van der Waals surface area contributed by atoms with Crippen LogP contribution in [0, 0.1) is 0 Å². The van der Waals surface area contributed by atoms with E-state index in [-0.39, 0.29) is 11.8 Å². The SMILES string of the molecule is O=C(c1ccc2c(c1)CCO2)N1CCCN(C(=O)c2ccccn2)CC1. The first-order valence-electron chi connectivity index (χ1n) is 8.98. The zero-order valence-corrected chi connectivity index (χ0v) is 14.6. The maximum absolute atomic E-state index is 12.9. The van der Waals surface area contributed by atoms with Crippen molar-refractivity contribution >= 4 is 11.8 Å². The first kappa shape index (κ1) is 16.6. The number of hydrogen-bond acceptors (Lipinski definition) is 4. The summed E-state index contributed by atoms with van der Waals surface area (Å²) < 4.78 is 5.51. The van der Waals surface area contributed by atoms with Crippen LogP contribution in [0.1, 0.15) is 32.8 Å². The van der Waals surface area contributed by atoms with Crippen molar-refractivity contribution in [3.05, 3.63) is 59.4 Å². The Hall–Kier alpha value is -2.89. The molecule has 1 aromatic carbocycles. The van der Waals surface area contributed by atoms with Crippen LogP contribution >= 0.6 is 0 Å². The number of carbonyl (C=O) groups excluding carboxylic acids is 2. The summed E-state index contributed by atoms with van der Waals surface area (Å²) in [5.74, 6) is 0.825. The van der Waals surface area contributed by atoms with Crippen molar-refractivity contribution in [2.24, 2.45) is 0 Å². The number of rotatable bonds is 2. The second-order valence-electron chi connectivity index (χ2n) is 6.57. The molecule has 1 aromatic heterocycles. The van der Waals surface area contributed by atoms with Gasteiger partial charge in [0.2, 0.25) is 0 Å². The molecule has 26 heavy (non-hydrogen) atoms. The molecule has 0 spiro atoms. The molecule has 2 aliphatic rings. The largest absolute Gasteiger partial charge is 0.493 e. The number of nitrogens with zero attached hydrogens (tertiary/aromatic N) is 3. The van der Waals surface area contributed by atoms with Crippen LogP contribution in [0.5, 0.6) is 5.75 Å². The Bertz CT molecular complexity index is 822. The van der Waals surface area contributed by atoms with Crippen LogP contribution in [0.2, 0.25) is 0 Å². The summed E-state index contributed by atoms with van der Waals surface area (Å²) in [6.45, 7) is 3.02. The number of pyridine rings is 1. The summed E-state index contributed by atoms with van der Waals surface area (Å²) in [6.07, 6.45) is 3.24. The van der Waals surface area contributed by atoms with Gasteiger partial charge in [-0.3, -0.25) is 14.6 Å². The standard InChI is InChI=1S/C20H21N3O3/c24-19(16-5-6-18-15(14-16)7-13-26-18)22-9-3-10-23(12-11-22)20(25)17-4-1-2-8-21-17/h1-2,4-6,8,14H,3,7,9-13H2. The third-order valence-corrected chi connectivity index (χ3v) is 4.89. The number of hydrogen-bond donors (Lipinski definition) is 0.